The Bertz CT molecular complexity index is 926. The van der Waals surface area contributed by atoms with Gasteiger partial charge in [-0.25, -0.2) is 8.42 Å². The van der Waals surface area contributed by atoms with Crippen molar-refractivity contribution >= 4 is 15.9 Å². The van der Waals surface area contributed by atoms with Crippen molar-refractivity contribution < 1.29 is 17.9 Å². The molecule has 2 aromatic rings. The van der Waals surface area contributed by atoms with Gasteiger partial charge in [0.05, 0.1) is 18.6 Å². The fourth-order valence-electron chi connectivity index (χ4n) is 3.31. The number of benzene rings is 2. The molecule has 29 heavy (non-hydrogen) atoms. The van der Waals surface area contributed by atoms with E-state index in [-0.39, 0.29) is 12.5 Å². The van der Waals surface area contributed by atoms with Crippen LogP contribution in [-0.2, 0) is 21.4 Å². The maximum atomic E-state index is 12.7. The second kappa shape index (κ2) is 9.39. The van der Waals surface area contributed by atoms with Gasteiger partial charge in [-0.05, 0) is 29.8 Å². The van der Waals surface area contributed by atoms with E-state index >= 15 is 0 Å². The van der Waals surface area contributed by atoms with Crippen LogP contribution in [0.25, 0.3) is 0 Å². The van der Waals surface area contributed by atoms with Crippen LogP contribution in [0.2, 0.25) is 0 Å². The monoisotopic (exact) mass is 417 g/mol. The van der Waals surface area contributed by atoms with Crippen molar-refractivity contribution in [3.63, 3.8) is 0 Å². The maximum Gasteiger partial charge on any atom is 0.243 e. The van der Waals surface area contributed by atoms with E-state index in [9.17, 15) is 13.2 Å². The van der Waals surface area contributed by atoms with Crippen LogP contribution in [0.5, 0.6) is 5.75 Å². The third-order valence-electron chi connectivity index (χ3n) is 5.05. The number of methoxy groups -OCH3 is 1. The summed E-state index contributed by atoms with van der Waals surface area (Å²) in [6, 6.07) is 16.1. The number of likely N-dealkylation sites (N-methyl/N-ethyl adjacent to an activating group) is 1. The molecule has 0 saturated carbocycles. The summed E-state index contributed by atoms with van der Waals surface area (Å²) in [7, 11) is -0.0857. The molecule has 7 nitrogen and oxygen atoms in total. The van der Waals surface area contributed by atoms with E-state index in [2.05, 4.69) is 0 Å². The van der Waals surface area contributed by atoms with Gasteiger partial charge < -0.3 is 9.64 Å². The van der Waals surface area contributed by atoms with Crippen LogP contribution in [0.3, 0.4) is 0 Å². The topological polar surface area (TPSA) is 70.2 Å². The molecule has 1 aliphatic rings. The molecular weight excluding hydrogens is 390 g/mol. The fourth-order valence-corrected chi connectivity index (χ4v) is 4.76. The van der Waals surface area contributed by atoms with E-state index in [1.807, 2.05) is 29.2 Å². The Morgan fingerprint density at radius 3 is 2.38 bits per heavy atom. The van der Waals surface area contributed by atoms with Crippen molar-refractivity contribution in [1.29, 1.82) is 0 Å². The summed E-state index contributed by atoms with van der Waals surface area (Å²) in [4.78, 5) is 16.6. The largest absolute Gasteiger partial charge is 0.497 e. The van der Waals surface area contributed by atoms with Gasteiger partial charge in [-0.3, -0.25) is 9.69 Å². The number of hydrogen-bond acceptors (Lipinski definition) is 5. The lowest BCUT2D eigenvalue weighted by Crippen LogP contribution is -2.51. The highest BCUT2D eigenvalue weighted by atomic mass is 32.2. The zero-order chi connectivity index (χ0) is 20.9. The third kappa shape index (κ3) is 5.35. The first-order chi connectivity index (χ1) is 13.9. The zero-order valence-electron chi connectivity index (χ0n) is 16.8. The van der Waals surface area contributed by atoms with Crippen molar-refractivity contribution in [2.75, 3.05) is 46.9 Å². The molecule has 0 unspecified atom stereocenters. The number of carbonyl (C=O) groups excluding carboxylic acids is 1. The summed E-state index contributed by atoms with van der Waals surface area (Å²) in [6.45, 7) is 2.60. The maximum absolute atomic E-state index is 12.7. The molecule has 0 aliphatic carbocycles. The van der Waals surface area contributed by atoms with Crippen molar-refractivity contribution in [1.82, 2.24) is 14.1 Å². The number of sulfonamides is 1. The highest BCUT2D eigenvalue weighted by Crippen LogP contribution is 2.17. The molecule has 0 bridgehead atoms. The van der Waals surface area contributed by atoms with Crippen LogP contribution in [0.4, 0.5) is 0 Å². The van der Waals surface area contributed by atoms with E-state index in [0.29, 0.717) is 37.6 Å². The standard InChI is InChI=1S/C21H27N3O4S/c1-22(16-18-7-6-8-19(15-18)28-2)21(25)17-23-11-13-24(14-12-23)29(26,27)20-9-4-3-5-10-20/h3-10,15H,11-14,16-17H2,1-2H3. The molecule has 0 atom stereocenters. The number of hydrogen-bond donors (Lipinski definition) is 0. The summed E-state index contributed by atoms with van der Waals surface area (Å²) >= 11 is 0. The van der Waals surface area contributed by atoms with Gasteiger partial charge in [0.1, 0.15) is 5.75 Å². The molecule has 1 aliphatic heterocycles. The van der Waals surface area contributed by atoms with Crippen LogP contribution in [0.1, 0.15) is 5.56 Å². The quantitative estimate of drug-likeness (QED) is 0.685. The molecule has 156 valence electrons. The predicted octanol–water partition coefficient (Wildman–Crippen LogP) is 1.66. The molecule has 0 aromatic heterocycles. The molecule has 8 heteroatoms. The minimum absolute atomic E-state index is 0.00665. The van der Waals surface area contributed by atoms with E-state index < -0.39 is 10.0 Å². The SMILES string of the molecule is COc1cccc(CN(C)C(=O)CN2CCN(S(=O)(=O)c3ccccc3)CC2)c1. The lowest BCUT2D eigenvalue weighted by atomic mass is 10.2. The summed E-state index contributed by atoms with van der Waals surface area (Å²) in [5.41, 5.74) is 0.999. The first kappa shape index (κ1) is 21.3. The Morgan fingerprint density at radius 2 is 1.72 bits per heavy atom. The molecule has 1 fully saturated rings. The average molecular weight is 418 g/mol. The molecular formula is C21H27N3O4S. The molecule has 0 spiro atoms. The fraction of sp³-hybridized carbons (Fsp3) is 0.381. The Labute approximate surface area is 172 Å². The number of ether oxygens (including phenoxy) is 1. The summed E-state index contributed by atoms with van der Waals surface area (Å²) in [5, 5.41) is 0. The Morgan fingerprint density at radius 1 is 1.03 bits per heavy atom. The van der Waals surface area contributed by atoms with E-state index in [1.165, 1.54) is 4.31 Å². The Balaban J connectivity index is 1.51. The lowest BCUT2D eigenvalue weighted by molar-refractivity contribution is -0.131. The molecule has 2 aromatic carbocycles. The second-order valence-corrected chi connectivity index (χ2v) is 9.03. The summed E-state index contributed by atoms with van der Waals surface area (Å²) in [6.07, 6.45) is 0. The van der Waals surface area contributed by atoms with E-state index in [1.54, 1.807) is 49.4 Å². The van der Waals surface area contributed by atoms with Crippen molar-refractivity contribution in [3.05, 3.63) is 60.2 Å². The normalized spacial score (nSPS) is 15.8. The van der Waals surface area contributed by atoms with Gasteiger partial charge in [0, 0.05) is 39.8 Å². The first-order valence-corrected chi connectivity index (χ1v) is 11.0. The van der Waals surface area contributed by atoms with Crippen LogP contribution in [0, 0.1) is 0 Å². The van der Waals surface area contributed by atoms with Crippen LogP contribution in [-0.4, -0.2) is 75.3 Å². The molecule has 3 rings (SSSR count). The van der Waals surface area contributed by atoms with Gasteiger partial charge in [0.2, 0.25) is 15.9 Å². The summed E-state index contributed by atoms with van der Waals surface area (Å²) < 4.78 is 32.1. The van der Waals surface area contributed by atoms with Crippen molar-refractivity contribution in [2.24, 2.45) is 0 Å². The predicted molar refractivity (Wildman–Crippen MR) is 111 cm³/mol. The highest BCUT2D eigenvalue weighted by molar-refractivity contribution is 7.89. The van der Waals surface area contributed by atoms with E-state index in [4.69, 9.17) is 4.74 Å². The first-order valence-electron chi connectivity index (χ1n) is 9.54. The highest BCUT2D eigenvalue weighted by Gasteiger charge is 2.29. The number of amides is 1. The van der Waals surface area contributed by atoms with Gasteiger partial charge >= 0.3 is 0 Å². The number of piperazine rings is 1. The molecule has 0 radical (unpaired) electrons. The molecule has 1 saturated heterocycles. The van der Waals surface area contributed by atoms with Crippen LogP contribution in [0.15, 0.2) is 59.5 Å². The minimum Gasteiger partial charge on any atom is -0.497 e. The smallest absolute Gasteiger partial charge is 0.243 e. The van der Waals surface area contributed by atoms with Gasteiger partial charge in [-0.2, -0.15) is 4.31 Å². The summed E-state index contributed by atoms with van der Waals surface area (Å²) in [5.74, 6) is 0.770. The Kier molecular flexibility index (Phi) is 6.89. The molecule has 1 amide bonds. The number of nitrogens with zero attached hydrogens (tertiary/aromatic N) is 3. The van der Waals surface area contributed by atoms with Crippen molar-refractivity contribution in [2.45, 2.75) is 11.4 Å². The van der Waals surface area contributed by atoms with Gasteiger partial charge in [-0.15, -0.1) is 0 Å². The van der Waals surface area contributed by atoms with Gasteiger partial charge in [0.15, 0.2) is 0 Å². The van der Waals surface area contributed by atoms with Crippen LogP contribution < -0.4 is 4.74 Å². The average Bonchev–Trinajstić information content (AvgIpc) is 2.75. The lowest BCUT2D eigenvalue weighted by Gasteiger charge is -2.34. The second-order valence-electron chi connectivity index (χ2n) is 7.09. The van der Waals surface area contributed by atoms with E-state index in [0.717, 1.165) is 11.3 Å². The van der Waals surface area contributed by atoms with Crippen LogP contribution >= 0.6 is 0 Å². The van der Waals surface area contributed by atoms with Gasteiger partial charge in [-0.1, -0.05) is 30.3 Å². The molecule has 0 N–H and O–H groups in total. The minimum atomic E-state index is -3.48. The Hall–Kier alpha value is -2.42. The number of rotatable bonds is 7. The van der Waals surface area contributed by atoms with Crippen molar-refractivity contribution in [3.8, 4) is 5.75 Å². The van der Waals surface area contributed by atoms with Gasteiger partial charge in [0.25, 0.3) is 0 Å². The number of carbonyl (C=O) groups is 1. The zero-order valence-corrected chi connectivity index (χ0v) is 17.6. The molecule has 1 heterocycles. The third-order valence-corrected chi connectivity index (χ3v) is 6.96.